The third kappa shape index (κ3) is 11.3. The molecule has 1 atom stereocenters. The van der Waals surface area contributed by atoms with Gasteiger partial charge in [0.2, 0.25) is 0 Å². The predicted molar refractivity (Wildman–Crippen MR) is 105 cm³/mol. The smallest absolute Gasteiger partial charge is 0.192 e. The molecule has 0 radical (unpaired) electrons. The van der Waals surface area contributed by atoms with Crippen LogP contribution >= 0.6 is 0 Å². The van der Waals surface area contributed by atoms with Crippen LogP contribution in [0, 0.1) is 0 Å². The lowest BCUT2D eigenvalue weighted by Crippen LogP contribution is -2.40. The summed E-state index contributed by atoms with van der Waals surface area (Å²) in [5.41, 5.74) is 0. The Kier molecular flexibility index (Phi) is 11.1. The van der Waals surface area contributed by atoms with Gasteiger partial charge in [0.15, 0.2) is 8.32 Å². The molecular weight excluding hydrogens is 300 g/mol. The molecule has 0 unspecified atom stereocenters. The van der Waals surface area contributed by atoms with E-state index in [0.717, 1.165) is 12.8 Å². The molecule has 3 heteroatoms. The summed E-state index contributed by atoms with van der Waals surface area (Å²) in [6.07, 6.45) is 18.3. The van der Waals surface area contributed by atoms with Crippen LogP contribution < -0.4 is 0 Å². The average molecular weight is 337 g/mol. The fourth-order valence-electron chi connectivity index (χ4n) is 1.55. The predicted octanol–water partition coefficient (Wildman–Crippen LogP) is 5.78. The first kappa shape index (κ1) is 22.1. The highest BCUT2D eigenvalue weighted by molar-refractivity contribution is 6.74. The van der Waals surface area contributed by atoms with Crippen molar-refractivity contribution in [3.63, 3.8) is 0 Å². The van der Waals surface area contributed by atoms with Crippen LogP contribution in [0.2, 0.25) is 18.1 Å². The number of aliphatic hydroxyl groups excluding tert-OH is 1. The molecule has 0 aromatic rings. The van der Waals surface area contributed by atoms with Crippen LogP contribution in [0.15, 0.2) is 48.6 Å². The summed E-state index contributed by atoms with van der Waals surface area (Å²) in [5, 5.41) is 10.1. The van der Waals surface area contributed by atoms with E-state index in [1.165, 1.54) is 0 Å². The van der Waals surface area contributed by atoms with Gasteiger partial charge in [0.05, 0.1) is 12.7 Å². The first-order chi connectivity index (χ1) is 10.7. The monoisotopic (exact) mass is 336 g/mol. The highest BCUT2D eigenvalue weighted by atomic mass is 28.4. The molecule has 0 saturated heterocycles. The van der Waals surface area contributed by atoms with E-state index >= 15 is 0 Å². The molecule has 23 heavy (non-hydrogen) atoms. The molecule has 0 aliphatic heterocycles. The minimum atomic E-state index is -1.66. The lowest BCUT2D eigenvalue weighted by Gasteiger charge is -2.35. The average Bonchev–Trinajstić information content (AvgIpc) is 2.45. The van der Waals surface area contributed by atoms with E-state index in [2.05, 4.69) is 59.0 Å². The lowest BCUT2D eigenvalue weighted by atomic mass is 10.2. The number of allylic oxidation sites excluding steroid dienone is 5. The fraction of sp³-hybridized carbons (Fsp3) is 0.600. The van der Waals surface area contributed by atoms with E-state index in [1.807, 2.05) is 30.4 Å². The molecule has 0 aromatic heterocycles. The second-order valence-electron chi connectivity index (χ2n) is 7.27. The normalized spacial score (nSPS) is 15.6. The summed E-state index contributed by atoms with van der Waals surface area (Å²) in [5.74, 6) is 0. The molecule has 2 nitrogen and oxygen atoms in total. The molecule has 0 saturated carbocycles. The number of aliphatic hydroxyl groups is 1. The van der Waals surface area contributed by atoms with Crippen molar-refractivity contribution in [2.75, 3.05) is 6.61 Å². The van der Waals surface area contributed by atoms with Crippen molar-refractivity contribution in [1.29, 1.82) is 0 Å². The van der Waals surface area contributed by atoms with E-state index in [4.69, 9.17) is 4.43 Å². The SMILES string of the molecule is CC/C=C\C/C=C\C[C@H](O)/C=C\C=C\CO[Si](C)(C)C(C)(C)C. The first-order valence-electron chi connectivity index (χ1n) is 8.66. The Morgan fingerprint density at radius 2 is 1.65 bits per heavy atom. The maximum Gasteiger partial charge on any atom is 0.192 e. The molecule has 0 aliphatic rings. The summed E-state index contributed by atoms with van der Waals surface area (Å²) >= 11 is 0. The van der Waals surface area contributed by atoms with E-state index in [0.29, 0.717) is 13.0 Å². The molecule has 0 amide bonds. The van der Waals surface area contributed by atoms with Gasteiger partial charge in [-0.1, -0.05) is 76.3 Å². The number of hydrogen-bond acceptors (Lipinski definition) is 2. The van der Waals surface area contributed by atoms with E-state index in [9.17, 15) is 5.11 Å². The van der Waals surface area contributed by atoms with Gasteiger partial charge in [-0.15, -0.1) is 0 Å². The maximum atomic E-state index is 9.83. The van der Waals surface area contributed by atoms with Gasteiger partial charge >= 0.3 is 0 Å². The standard InChI is InChI=1S/C20H36O2Si/c1-7-8-9-10-11-13-16-19(21)17-14-12-15-18-22-23(5,6)20(2,3)4/h8-9,11-15,17,19,21H,7,10,16,18H2,1-6H3/b9-8-,13-11-,15-12+,17-14-/t19-/m0/s1. The van der Waals surface area contributed by atoms with E-state index in [-0.39, 0.29) is 5.04 Å². The molecule has 0 spiro atoms. The molecule has 0 heterocycles. The van der Waals surface area contributed by atoms with Crippen LogP contribution in [0.4, 0.5) is 0 Å². The largest absolute Gasteiger partial charge is 0.413 e. The van der Waals surface area contributed by atoms with Crippen molar-refractivity contribution >= 4 is 8.32 Å². The number of rotatable bonds is 10. The van der Waals surface area contributed by atoms with Crippen LogP contribution in [0.3, 0.4) is 0 Å². The highest BCUT2D eigenvalue weighted by Gasteiger charge is 2.36. The zero-order valence-electron chi connectivity index (χ0n) is 15.9. The minimum absolute atomic E-state index is 0.242. The Morgan fingerprint density at radius 3 is 2.26 bits per heavy atom. The van der Waals surface area contributed by atoms with Crippen molar-refractivity contribution in [2.45, 2.75) is 71.2 Å². The molecule has 132 valence electrons. The van der Waals surface area contributed by atoms with Crippen molar-refractivity contribution in [3.8, 4) is 0 Å². The van der Waals surface area contributed by atoms with E-state index in [1.54, 1.807) is 0 Å². The molecular formula is C20H36O2Si. The van der Waals surface area contributed by atoms with Crippen LogP contribution in [-0.2, 0) is 4.43 Å². The topological polar surface area (TPSA) is 29.5 Å². The van der Waals surface area contributed by atoms with Crippen LogP contribution in [0.25, 0.3) is 0 Å². The third-order valence-corrected chi connectivity index (χ3v) is 8.65. The second-order valence-corrected chi connectivity index (χ2v) is 12.1. The molecule has 0 fully saturated rings. The number of hydrogen-bond donors (Lipinski definition) is 1. The Morgan fingerprint density at radius 1 is 1.00 bits per heavy atom. The van der Waals surface area contributed by atoms with Gasteiger partial charge in [-0.25, -0.2) is 0 Å². The summed E-state index contributed by atoms with van der Waals surface area (Å²) in [6, 6.07) is 0. The lowest BCUT2D eigenvalue weighted by molar-refractivity contribution is 0.227. The fourth-order valence-corrected chi connectivity index (χ4v) is 2.50. The Balaban J connectivity index is 3.98. The van der Waals surface area contributed by atoms with Crippen LogP contribution in [0.5, 0.6) is 0 Å². The van der Waals surface area contributed by atoms with Crippen molar-refractivity contribution in [3.05, 3.63) is 48.6 Å². The van der Waals surface area contributed by atoms with Gasteiger partial charge < -0.3 is 9.53 Å². The van der Waals surface area contributed by atoms with Gasteiger partial charge in [-0.3, -0.25) is 0 Å². The summed E-state index contributed by atoms with van der Waals surface area (Å²) in [6.45, 7) is 14.0. The zero-order valence-corrected chi connectivity index (χ0v) is 16.9. The molecule has 1 N–H and O–H groups in total. The third-order valence-electron chi connectivity index (χ3n) is 4.15. The molecule has 0 rings (SSSR count). The van der Waals surface area contributed by atoms with Crippen LogP contribution in [-0.4, -0.2) is 26.1 Å². The van der Waals surface area contributed by atoms with Gasteiger partial charge in [-0.05, 0) is 37.4 Å². The van der Waals surface area contributed by atoms with Crippen molar-refractivity contribution in [1.82, 2.24) is 0 Å². The Labute approximate surface area is 144 Å². The summed E-state index contributed by atoms with van der Waals surface area (Å²) < 4.78 is 6.05. The highest BCUT2D eigenvalue weighted by Crippen LogP contribution is 2.36. The second kappa shape index (κ2) is 11.6. The summed E-state index contributed by atoms with van der Waals surface area (Å²) in [4.78, 5) is 0. The zero-order chi connectivity index (χ0) is 17.8. The van der Waals surface area contributed by atoms with E-state index < -0.39 is 14.4 Å². The molecule has 0 bridgehead atoms. The van der Waals surface area contributed by atoms with Gasteiger partial charge in [0.25, 0.3) is 0 Å². The Bertz CT molecular complexity index is 412. The summed E-state index contributed by atoms with van der Waals surface area (Å²) in [7, 11) is -1.66. The van der Waals surface area contributed by atoms with Gasteiger partial charge in [0.1, 0.15) is 0 Å². The minimum Gasteiger partial charge on any atom is -0.413 e. The van der Waals surface area contributed by atoms with Crippen molar-refractivity contribution in [2.24, 2.45) is 0 Å². The van der Waals surface area contributed by atoms with Gasteiger partial charge in [0, 0.05) is 0 Å². The van der Waals surface area contributed by atoms with Crippen molar-refractivity contribution < 1.29 is 9.53 Å². The molecule has 0 aromatic carbocycles. The quantitative estimate of drug-likeness (QED) is 0.311. The maximum absolute atomic E-state index is 9.83. The van der Waals surface area contributed by atoms with Crippen LogP contribution in [0.1, 0.15) is 47.0 Å². The first-order valence-corrected chi connectivity index (χ1v) is 11.6. The molecule has 0 aliphatic carbocycles. The van der Waals surface area contributed by atoms with Gasteiger partial charge in [-0.2, -0.15) is 0 Å². The Hall–Kier alpha value is -0.903.